The van der Waals surface area contributed by atoms with Gasteiger partial charge in [-0.15, -0.1) is 0 Å². The summed E-state index contributed by atoms with van der Waals surface area (Å²) in [5, 5.41) is 3.22. The minimum Gasteiger partial charge on any atom is -0.377 e. The Morgan fingerprint density at radius 3 is 2.35 bits per heavy atom. The van der Waals surface area contributed by atoms with Crippen molar-refractivity contribution in [1.82, 2.24) is 5.32 Å². The molecule has 138 valence electrons. The van der Waals surface area contributed by atoms with Crippen LogP contribution >= 0.6 is 0 Å². The van der Waals surface area contributed by atoms with Crippen LogP contribution in [0.25, 0.3) is 0 Å². The molecule has 1 saturated carbocycles. The molecule has 0 saturated heterocycles. The Bertz CT molecular complexity index is 705. The molecular weight excluding hydrogens is 322 g/mol. The molecule has 0 bridgehead atoms. The first-order chi connectivity index (χ1) is 12.8. The van der Waals surface area contributed by atoms with E-state index in [1.807, 2.05) is 30.3 Å². The highest BCUT2D eigenvalue weighted by molar-refractivity contribution is 5.88. The van der Waals surface area contributed by atoms with Crippen molar-refractivity contribution in [2.75, 3.05) is 6.61 Å². The molecule has 0 aliphatic heterocycles. The fraction of sp³-hybridized carbons (Fsp3) is 0.435. The fourth-order valence-corrected chi connectivity index (χ4v) is 3.92. The average molecular weight is 351 g/mol. The highest BCUT2D eigenvalue weighted by Gasteiger charge is 2.42. The summed E-state index contributed by atoms with van der Waals surface area (Å²) in [6.07, 6.45) is 5.11. The zero-order valence-electron chi connectivity index (χ0n) is 15.7. The quantitative estimate of drug-likeness (QED) is 0.698. The standard InChI is InChI=1S/C23H29NO2/c1-2-16-26-18-20-11-7-6-10-19(20)17-24-22(25)23(14-8-9-15-23)21-12-4-3-5-13-21/h3-7,10-13H,2,8-9,14-18H2,1H3,(H,24,25). The smallest absolute Gasteiger partial charge is 0.230 e. The van der Waals surface area contributed by atoms with E-state index >= 15 is 0 Å². The second kappa shape index (κ2) is 9.00. The lowest BCUT2D eigenvalue weighted by molar-refractivity contribution is -0.126. The van der Waals surface area contributed by atoms with Crippen LogP contribution in [0.1, 0.15) is 55.7 Å². The molecule has 0 radical (unpaired) electrons. The monoisotopic (exact) mass is 351 g/mol. The molecule has 1 N–H and O–H groups in total. The Morgan fingerprint density at radius 2 is 1.65 bits per heavy atom. The number of nitrogens with one attached hydrogen (secondary N) is 1. The van der Waals surface area contributed by atoms with Gasteiger partial charge >= 0.3 is 0 Å². The third kappa shape index (κ3) is 4.16. The van der Waals surface area contributed by atoms with E-state index in [1.54, 1.807) is 0 Å². The van der Waals surface area contributed by atoms with Crippen molar-refractivity contribution in [3.63, 3.8) is 0 Å². The van der Waals surface area contributed by atoms with E-state index in [0.29, 0.717) is 13.2 Å². The Kier molecular flexibility index (Phi) is 6.45. The van der Waals surface area contributed by atoms with Gasteiger partial charge in [0.05, 0.1) is 12.0 Å². The molecule has 3 rings (SSSR count). The lowest BCUT2D eigenvalue weighted by Gasteiger charge is -2.28. The van der Waals surface area contributed by atoms with Gasteiger partial charge in [0.2, 0.25) is 5.91 Å². The largest absolute Gasteiger partial charge is 0.377 e. The third-order valence-corrected chi connectivity index (χ3v) is 5.38. The van der Waals surface area contributed by atoms with E-state index in [2.05, 4.69) is 36.5 Å². The molecule has 2 aromatic rings. The van der Waals surface area contributed by atoms with Crippen molar-refractivity contribution in [1.29, 1.82) is 0 Å². The second-order valence-corrected chi connectivity index (χ2v) is 7.16. The summed E-state index contributed by atoms with van der Waals surface area (Å²) in [4.78, 5) is 13.2. The van der Waals surface area contributed by atoms with Gasteiger partial charge in [-0.25, -0.2) is 0 Å². The zero-order chi connectivity index (χ0) is 18.2. The SMILES string of the molecule is CCCOCc1ccccc1CNC(=O)C1(c2ccccc2)CCCC1. The Hall–Kier alpha value is -2.13. The van der Waals surface area contributed by atoms with Crippen LogP contribution in [0, 0.1) is 0 Å². The number of benzene rings is 2. The molecule has 3 nitrogen and oxygen atoms in total. The predicted molar refractivity (Wildman–Crippen MR) is 105 cm³/mol. The topological polar surface area (TPSA) is 38.3 Å². The Morgan fingerprint density at radius 1 is 1.00 bits per heavy atom. The lowest BCUT2D eigenvalue weighted by Crippen LogP contribution is -2.42. The van der Waals surface area contributed by atoms with Gasteiger partial charge in [0.25, 0.3) is 0 Å². The van der Waals surface area contributed by atoms with Gasteiger partial charge in [0.1, 0.15) is 0 Å². The van der Waals surface area contributed by atoms with Crippen molar-refractivity contribution in [3.05, 3.63) is 71.3 Å². The number of carbonyl (C=O) groups excluding carboxylic acids is 1. The van der Waals surface area contributed by atoms with Crippen LogP contribution in [-0.2, 0) is 28.1 Å². The number of amides is 1. The number of hydrogen-bond donors (Lipinski definition) is 1. The highest BCUT2D eigenvalue weighted by Crippen LogP contribution is 2.41. The van der Waals surface area contributed by atoms with E-state index in [0.717, 1.165) is 55.4 Å². The van der Waals surface area contributed by atoms with Gasteiger partial charge in [-0.3, -0.25) is 4.79 Å². The van der Waals surface area contributed by atoms with Gasteiger partial charge in [0.15, 0.2) is 0 Å². The van der Waals surface area contributed by atoms with Crippen LogP contribution in [0.3, 0.4) is 0 Å². The first-order valence-corrected chi connectivity index (χ1v) is 9.74. The summed E-state index contributed by atoms with van der Waals surface area (Å²) in [5.74, 6) is 0.158. The second-order valence-electron chi connectivity index (χ2n) is 7.16. The highest BCUT2D eigenvalue weighted by atomic mass is 16.5. The molecule has 1 amide bonds. The minimum atomic E-state index is -0.366. The molecule has 0 atom stereocenters. The molecule has 0 unspecified atom stereocenters. The number of hydrogen-bond acceptors (Lipinski definition) is 2. The van der Waals surface area contributed by atoms with E-state index in [-0.39, 0.29) is 11.3 Å². The molecule has 3 heteroatoms. The van der Waals surface area contributed by atoms with Crippen LogP contribution in [0.2, 0.25) is 0 Å². The average Bonchev–Trinajstić information content (AvgIpc) is 3.19. The van der Waals surface area contributed by atoms with E-state index in [9.17, 15) is 4.79 Å². The first kappa shape index (κ1) is 18.7. The van der Waals surface area contributed by atoms with Gasteiger partial charge in [-0.05, 0) is 36.0 Å². The van der Waals surface area contributed by atoms with Gasteiger partial charge in [-0.2, -0.15) is 0 Å². The van der Waals surface area contributed by atoms with Crippen LogP contribution in [-0.4, -0.2) is 12.5 Å². The lowest BCUT2D eigenvalue weighted by atomic mass is 9.78. The predicted octanol–water partition coefficient (Wildman–Crippen LogP) is 4.74. The molecule has 26 heavy (non-hydrogen) atoms. The van der Waals surface area contributed by atoms with Crippen molar-refractivity contribution in [3.8, 4) is 0 Å². The van der Waals surface area contributed by atoms with Crippen molar-refractivity contribution in [2.24, 2.45) is 0 Å². The summed E-state index contributed by atoms with van der Waals surface area (Å²) >= 11 is 0. The van der Waals surface area contributed by atoms with Gasteiger partial charge < -0.3 is 10.1 Å². The maximum absolute atomic E-state index is 13.2. The van der Waals surface area contributed by atoms with Gasteiger partial charge in [-0.1, -0.05) is 74.4 Å². The van der Waals surface area contributed by atoms with E-state index in [4.69, 9.17) is 4.74 Å². The molecule has 1 fully saturated rings. The van der Waals surface area contributed by atoms with Crippen molar-refractivity contribution >= 4 is 5.91 Å². The van der Waals surface area contributed by atoms with Crippen molar-refractivity contribution in [2.45, 2.75) is 57.6 Å². The van der Waals surface area contributed by atoms with Crippen LogP contribution in [0.4, 0.5) is 0 Å². The van der Waals surface area contributed by atoms with Crippen LogP contribution in [0.5, 0.6) is 0 Å². The normalized spacial score (nSPS) is 15.7. The molecule has 0 spiro atoms. The third-order valence-electron chi connectivity index (χ3n) is 5.38. The number of carbonyl (C=O) groups is 1. The summed E-state index contributed by atoms with van der Waals surface area (Å²) in [6, 6.07) is 18.5. The first-order valence-electron chi connectivity index (χ1n) is 9.74. The van der Waals surface area contributed by atoms with E-state index < -0.39 is 0 Å². The summed E-state index contributed by atoms with van der Waals surface area (Å²) in [7, 11) is 0. The Balaban J connectivity index is 1.70. The maximum Gasteiger partial charge on any atom is 0.230 e. The van der Waals surface area contributed by atoms with Crippen LogP contribution < -0.4 is 5.32 Å². The summed E-state index contributed by atoms with van der Waals surface area (Å²) in [6.45, 7) is 4.03. The van der Waals surface area contributed by atoms with Crippen molar-refractivity contribution < 1.29 is 9.53 Å². The summed E-state index contributed by atoms with van der Waals surface area (Å²) < 4.78 is 5.69. The molecule has 2 aromatic carbocycles. The van der Waals surface area contributed by atoms with Crippen LogP contribution in [0.15, 0.2) is 54.6 Å². The number of rotatable bonds is 8. The maximum atomic E-state index is 13.2. The van der Waals surface area contributed by atoms with E-state index in [1.165, 1.54) is 0 Å². The molecule has 0 aromatic heterocycles. The summed E-state index contributed by atoms with van der Waals surface area (Å²) in [5.41, 5.74) is 3.07. The molecule has 1 aliphatic carbocycles. The fourth-order valence-electron chi connectivity index (χ4n) is 3.92. The minimum absolute atomic E-state index is 0.158. The number of ether oxygens (including phenoxy) is 1. The van der Waals surface area contributed by atoms with Gasteiger partial charge in [0, 0.05) is 13.2 Å². The zero-order valence-corrected chi connectivity index (χ0v) is 15.7. The Labute approximate surface area is 156 Å². The molecule has 1 aliphatic rings. The molecule has 0 heterocycles. The molecular formula is C23H29NO2.